The van der Waals surface area contributed by atoms with Crippen LogP contribution in [0.1, 0.15) is 41.4 Å². The number of rotatable bonds is 7. The van der Waals surface area contributed by atoms with Gasteiger partial charge in [0.25, 0.3) is 0 Å². The lowest BCUT2D eigenvalue weighted by atomic mass is 10.1. The first kappa shape index (κ1) is 17.0. The Morgan fingerprint density at radius 1 is 1.35 bits per heavy atom. The minimum absolute atomic E-state index is 0.186. The van der Waals surface area contributed by atoms with E-state index in [1.807, 2.05) is 30.2 Å². The topological polar surface area (TPSA) is 67.6 Å². The molecule has 23 heavy (non-hydrogen) atoms. The molecule has 6 heteroatoms. The number of carboxylic acids is 1. The maximum atomic E-state index is 11.3. The SMILES string of the molecule is COc1ccc(CN(C)Cc2cnn(C(C)C)c2)cc1C(=O)O. The van der Waals surface area contributed by atoms with Gasteiger partial charge in [-0.3, -0.25) is 9.58 Å². The van der Waals surface area contributed by atoms with Gasteiger partial charge in [0.2, 0.25) is 0 Å². The number of carbonyl (C=O) groups is 1. The van der Waals surface area contributed by atoms with Crippen LogP contribution in [0, 0.1) is 0 Å². The monoisotopic (exact) mass is 317 g/mol. The molecule has 0 aliphatic heterocycles. The number of aromatic carboxylic acids is 1. The fourth-order valence-corrected chi connectivity index (χ4v) is 2.44. The summed E-state index contributed by atoms with van der Waals surface area (Å²) >= 11 is 0. The first-order valence-electron chi connectivity index (χ1n) is 7.52. The fourth-order valence-electron chi connectivity index (χ4n) is 2.44. The van der Waals surface area contributed by atoms with E-state index in [2.05, 4.69) is 23.8 Å². The van der Waals surface area contributed by atoms with Crippen LogP contribution < -0.4 is 4.74 Å². The molecular weight excluding hydrogens is 294 g/mol. The molecule has 2 aromatic rings. The predicted molar refractivity (Wildman–Crippen MR) is 87.7 cm³/mol. The van der Waals surface area contributed by atoms with E-state index in [-0.39, 0.29) is 5.56 Å². The first-order chi connectivity index (χ1) is 10.9. The highest BCUT2D eigenvalue weighted by Gasteiger charge is 2.13. The van der Waals surface area contributed by atoms with E-state index >= 15 is 0 Å². The molecule has 0 atom stereocenters. The zero-order valence-electron chi connectivity index (χ0n) is 14.0. The van der Waals surface area contributed by atoms with Crippen LogP contribution in [0.2, 0.25) is 0 Å². The molecule has 0 aliphatic carbocycles. The van der Waals surface area contributed by atoms with Gasteiger partial charge >= 0.3 is 5.97 Å². The maximum Gasteiger partial charge on any atom is 0.339 e. The molecule has 0 aliphatic rings. The van der Waals surface area contributed by atoms with Gasteiger partial charge in [-0.05, 0) is 38.6 Å². The van der Waals surface area contributed by atoms with Gasteiger partial charge in [-0.25, -0.2) is 4.79 Å². The van der Waals surface area contributed by atoms with Crippen molar-refractivity contribution in [1.82, 2.24) is 14.7 Å². The smallest absolute Gasteiger partial charge is 0.339 e. The Kier molecular flexibility index (Phi) is 5.39. The number of aromatic nitrogens is 2. The van der Waals surface area contributed by atoms with E-state index in [4.69, 9.17) is 4.74 Å². The van der Waals surface area contributed by atoms with Gasteiger partial charge in [0.1, 0.15) is 11.3 Å². The molecule has 1 heterocycles. The first-order valence-corrected chi connectivity index (χ1v) is 7.52. The van der Waals surface area contributed by atoms with Gasteiger partial charge in [0.15, 0.2) is 0 Å². The number of ether oxygens (including phenoxy) is 1. The van der Waals surface area contributed by atoms with Crippen molar-refractivity contribution in [3.05, 3.63) is 47.3 Å². The summed E-state index contributed by atoms with van der Waals surface area (Å²) in [6, 6.07) is 5.59. The molecule has 0 radical (unpaired) electrons. The average Bonchev–Trinajstić information content (AvgIpc) is 2.95. The van der Waals surface area contributed by atoms with E-state index in [1.165, 1.54) is 7.11 Å². The maximum absolute atomic E-state index is 11.3. The second-order valence-electron chi connectivity index (χ2n) is 5.93. The highest BCUT2D eigenvalue weighted by Crippen LogP contribution is 2.21. The van der Waals surface area contributed by atoms with Crippen LogP contribution >= 0.6 is 0 Å². The summed E-state index contributed by atoms with van der Waals surface area (Å²) in [6.07, 6.45) is 3.91. The summed E-state index contributed by atoms with van der Waals surface area (Å²) in [5.41, 5.74) is 2.25. The lowest BCUT2D eigenvalue weighted by molar-refractivity contribution is 0.0693. The molecule has 0 unspecified atom stereocenters. The number of methoxy groups -OCH3 is 1. The molecule has 0 saturated heterocycles. The second kappa shape index (κ2) is 7.28. The molecular formula is C17H23N3O3. The van der Waals surface area contributed by atoms with Gasteiger partial charge < -0.3 is 9.84 Å². The third-order valence-electron chi connectivity index (χ3n) is 3.58. The molecule has 0 spiro atoms. The van der Waals surface area contributed by atoms with Crippen LogP contribution in [0.15, 0.2) is 30.6 Å². The van der Waals surface area contributed by atoms with Crippen LogP contribution in [0.25, 0.3) is 0 Å². The lowest BCUT2D eigenvalue weighted by Gasteiger charge is -2.16. The molecule has 1 aromatic heterocycles. The minimum atomic E-state index is -0.982. The van der Waals surface area contributed by atoms with E-state index in [9.17, 15) is 9.90 Å². The quantitative estimate of drug-likeness (QED) is 0.850. The predicted octanol–water partition coefficient (Wildman–Crippen LogP) is 2.80. The number of nitrogens with zero attached hydrogens (tertiary/aromatic N) is 3. The molecule has 1 aromatic carbocycles. The van der Waals surface area contributed by atoms with Crippen molar-refractivity contribution in [1.29, 1.82) is 0 Å². The molecule has 124 valence electrons. The van der Waals surface area contributed by atoms with Crippen molar-refractivity contribution >= 4 is 5.97 Å². The summed E-state index contributed by atoms with van der Waals surface area (Å²) < 4.78 is 7.01. The van der Waals surface area contributed by atoms with E-state index < -0.39 is 5.97 Å². The highest BCUT2D eigenvalue weighted by molar-refractivity contribution is 5.91. The van der Waals surface area contributed by atoms with Crippen LogP contribution in [0.4, 0.5) is 0 Å². The molecule has 0 amide bonds. The average molecular weight is 317 g/mol. The van der Waals surface area contributed by atoms with Crippen molar-refractivity contribution in [2.24, 2.45) is 0 Å². The normalized spacial score (nSPS) is 11.2. The Morgan fingerprint density at radius 3 is 2.61 bits per heavy atom. The summed E-state index contributed by atoms with van der Waals surface area (Å²) in [4.78, 5) is 13.4. The summed E-state index contributed by atoms with van der Waals surface area (Å²) in [5, 5.41) is 13.6. The minimum Gasteiger partial charge on any atom is -0.496 e. The van der Waals surface area contributed by atoms with Crippen molar-refractivity contribution < 1.29 is 14.6 Å². The van der Waals surface area contributed by atoms with Gasteiger partial charge in [-0.1, -0.05) is 6.07 Å². The van der Waals surface area contributed by atoms with Gasteiger partial charge in [-0.15, -0.1) is 0 Å². The fraction of sp³-hybridized carbons (Fsp3) is 0.412. The third kappa shape index (κ3) is 4.32. The standard InChI is InChI=1S/C17H23N3O3/c1-12(2)20-11-14(8-18-20)10-19(3)9-13-5-6-16(23-4)15(7-13)17(21)22/h5-8,11-12H,9-10H2,1-4H3,(H,21,22). The molecule has 1 N–H and O–H groups in total. The van der Waals surface area contributed by atoms with E-state index in [0.29, 0.717) is 18.3 Å². The lowest BCUT2D eigenvalue weighted by Crippen LogP contribution is -2.17. The van der Waals surface area contributed by atoms with Crippen molar-refractivity contribution in [3.8, 4) is 5.75 Å². The molecule has 6 nitrogen and oxygen atoms in total. The van der Waals surface area contributed by atoms with Gasteiger partial charge in [-0.2, -0.15) is 5.10 Å². The number of hydrogen-bond donors (Lipinski definition) is 1. The van der Waals surface area contributed by atoms with Crippen LogP contribution in [-0.4, -0.2) is 39.9 Å². The Hall–Kier alpha value is -2.34. The van der Waals surface area contributed by atoms with E-state index in [1.54, 1.807) is 12.1 Å². The van der Waals surface area contributed by atoms with Crippen molar-refractivity contribution in [2.75, 3.05) is 14.2 Å². The summed E-state index contributed by atoms with van der Waals surface area (Å²) in [7, 11) is 3.47. The van der Waals surface area contributed by atoms with Crippen LogP contribution in [-0.2, 0) is 13.1 Å². The van der Waals surface area contributed by atoms with Gasteiger partial charge in [0.05, 0.1) is 13.3 Å². The third-order valence-corrected chi connectivity index (χ3v) is 3.58. The summed E-state index contributed by atoms with van der Waals surface area (Å²) in [5.74, 6) is -0.605. The Labute approximate surface area is 136 Å². The number of benzene rings is 1. The molecule has 2 rings (SSSR count). The number of hydrogen-bond acceptors (Lipinski definition) is 4. The molecule has 0 fully saturated rings. The van der Waals surface area contributed by atoms with Gasteiger partial charge in [0, 0.05) is 30.9 Å². The molecule has 0 saturated carbocycles. The Balaban J connectivity index is 2.06. The highest BCUT2D eigenvalue weighted by atomic mass is 16.5. The van der Waals surface area contributed by atoms with E-state index in [0.717, 1.165) is 17.7 Å². The van der Waals surface area contributed by atoms with Crippen molar-refractivity contribution in [2.45, 2.75) is 33.0 Å². The Bertz CT molecular complexity index is 679. The zero-order valence-corrected chi connectivity index (χ0v) is 14.0. The van der Waals surface area contributed by atoms with Crippen LogP contribution in [0.5, 0.6) is 5.75 Å². The van der Waals surface area contributed by atoms with Crippen molar-refractivity contribution in [3.63, 3.8) is 0 Å². The second-order valence-corrected chi connectivity index (χ2v) is 5.93. The van der Waals surface area contributed by atoms with Crippen LogP contribution in [0.3, 0.4) is 0 Å². The number of carboxylic acid groups (broad SMARTS) is 1. The Morgan fingerprint density at radius 2 is 2.04 bits per heavy atom. The largest absolute Gasteiger partial charge is 0.496 e. The zero-order chi connectivity index (χ0) is 17.0. The summed E-state index contributed by atoms with van der Waals surface area (Å²) in [6.45, 7) is 5.58. The molecule has 0 bridgehead atoms.